The zero-order valence-corrected chi connectivity index (χ0v) is 11.8. The first-order valence-corrected chi connectivity index (χ1v) is 7.53. The van der Waals surface area contributed by atoms with Gasteiger partial charge in [-0.3, -0.25) is 9.80 Å². The average molecular weight is 260 g/mol. The standard InChI is InChI=1S/C16H24N2O/c1-2-18-10-6-7-14(18)11-17-12-16(13-17)19-15-8-4-3-5-9-15/h3-5,8-9,14,16H,2,6-7,10-13H2,1H3. The molecule has 1 atom stereocenters. The Hall–Kier alpha value is -1.06. The smallest absolute Gasteiger partial charge is 0.124 e. The van der Waals surface area contributed by atoms with Gasteiger partial charge in [-0.25, -0.2) is 0 Å². The van der Waals surface area contributed by atoms with Gasteiger partial charge in [0.15, 0.2) is 0 Å². The molecule has 104 valence electrons. The molecule has 2 fully saturated rings. The van der Waals surface area contributed by atoms with Gasteiger partial charge in [0.25, 0.3) is 0 Å². The summed E-state index contributed by atoms with van der Waals surface area (Å²) in [5, 5.41) is 0. The fourth-order valence-corrected chi connectivity index (χ4v) is 3.25. The second kappa shape index (κ2) is 5.93. The third-order valence-electron chi connectivity index (χ3n) is 4.34. The molecular formula is C16H24N2O. The number of hydrogen-bond acceptors (Lipinski definition) is 3. The summed E-state index contributed by atoms with van der Waals surface area (Å²) < 4.78 is 5.94. The van der Waals surface area contributed by atoms with Gasteiger partial charge in [0.05, 0.1) is 0 Å². The number of likely N-dealkylation sites (tertiary alicyclic amines) is 2. The van der Waals surface area contributed by atoms with Crippen LogP contribution < -0.4 is 4.74 Å². The van der Waals surface area contributed by atoms with Gasteiger partial charge in [0.1, 0.15) is 11.9 Å². The van der Waals surface area contributed by atoms with Crippen LogP contribution in [0.4, 0.5) is 0 Å². The summed E-state index contributed by atoms with van der Waals surface area (Å²) >= 11 is 0. The fraction of sp³-hybridized carbons (Fsp3) is 0.625. The number of rotatable bonds is 5. The fourth-order valence-electron chi connectivity index (χ4n) is 3.25. The predicted molar refractivity (Wildman–Crippen MR) is 77.6 cm³/mol. The quantitative estimate of drug-likeness (QED) is 0.807. The first-order valence-electron chi connectivity index (χ1n) is 7.53. The average Bonchev–Trinajstić information content (AvgIpc) is 2.85. The Morgan fingerprint density at radius 2 is 2.00 bits per heavy atom. The van der Waals surface area contributed by atoms with E-state index in [1.54, 1.807) is 0 Å². The lowest BCUT2D eigenvalue weighted by Crippen LogP contribution is -2.57. The minimum absolute atomic E-state index is 0.388. The topological polar surface area (TPSA) is 15.7 Å². The summed E-state index contributed by atoms with van der Waals surface area (Å²) in [5.41, 5.74) is 0. The van der Waals surface area contributed by atoms with Crippen molar-refractivity contribution in [3.8, 4) is 5.75 Å². The van der Waals surface area contributed by atoms with Crippen molar-refractivity contribution in [3.05, 3.63) is 30.3 Å². The van der Waals surface area contributed by atoms with Crippen LogP contribution in [0.1, 0.15) is 19.8 Å². The minimum Gasteiger partial charge on any atom is -0.488 e. The second-order valence-corrected chi connectivity index (χ2v) is 5.70. The van der Waals surface area contributed by atoms with E-state index < -0.39 is 0 Å². The second-order valence-electron chi connectivity index (χ2n) is 5.70. The molecule has 2 heterocycles. The molecule has 2 saturated heterocycles. The summed E-state index contributed by atoms with van der Waals surface area (Å²) in [4.78, 5) is 5.15. The molecule has 3 heteroatoms. The maximum atomic E-state index is 5.94. The maximum Gasteiger partial charge on any atom is 0.124 e. The number of para-hydroxylation sites is 1. The zero-order valence-electron chi connectivity index (χ0n) is 11.8. The SMILES string of the molecule is CCN1CCCC1CN1CC(Oc2ccccc2)C1. The maximum absolute atomic E-state index is 5.94. The van der Waals surface area contributed by atoms with E-state index in [0.29, 0.717) is 6.10 Å². The number of nitrogens with zero attached hydrogens (tertiary/aromatic N) is 2. The molecule has 0 aliphatic carbocycles. The van der Waals surface area contributed by atoms with Crippen molar-refractivity contribution in [1.29, 1.82) is 0 Å². The van der Waals surface area contributed by atoms with Crippen LogP contribution in [-0.2, 0) is 0 Å². The molecule has 1 aromatic carbocycles. The summed E-state index contributed by atoms with van der Waals surface area (Å²) in [6.07, 6.45) is 3.13. The van der Waals surface area contributed by atoms with E-state index in [1.807, 2.05) is 30.3 Å². The molecule has 1 unspecified atom stereocenters. The van der Waals surface area contributed by atoms with Crippen molar-refractivity contribution < 1.29 is 4.74 Å². The Bertz CT molecular complexity index is 389. The van der Waals surface area contributed by atoms with Crippen molar-refractivity contribution in [1.82, 2.24) is 9.80 Å². The Morgan fingerprint density at radius 3 is 2.74 bits per heavy atom. The van der Waals surface area contributed by atoms with Gasteiger partial charge in [-0.15, -0.1) is 0 Å². The van der Waals surface area contributed by atoms with E-state index in [-0.39, 0.29) is 0 Å². The van der Waals surface area contributed by atoms with Crippen LogP contribution in [0.2, 0.25) is 0 Å². The van der Waals surface area contributed by atoms with Crippen LogP contribution in [0.15, 0.2) is 30.3 Å². The normalized spacial score (nSPS) is 25.4. The van der Waals surface area contributed by atoms with Crippen LogP contribution in [-0.4, -0.2) is 54.7 Å². The van der Waals surface area contributed by atoms with Gasteiger partial charge in [0, 0.05) is 25.7 Å². The predicted octanol–water partition coefficient (Wildman–Crippen LogP) is 2.23. The largest absolute Gasteiger partial charge is 0.488 e. The van der Waals surface area contributed by atoms with E-state index in [4.69, 9.17) is 4.74 Å². The van der Waals surface area contributed by atoms with Gasteiger partial charge in [-0.2, -0.15) is 0 Å². The Balaban J connectivity index is 1.41. The van der Waals surface area contributed by atoms with E-state index in [9.17, 15) is 0 Å². The molecule has 0 spiro atoms. The van der Waals surface area contributed by atoms with E-state index in [0.717, 1.165) is 24.9 Å². The first kappa shape index (κ1) is 12.9. The zero-order chi connectivity index (χ0) is 13.1. The highest BCUT2D eigenvalue weighted by atomic mass is 16.5. The third-order valence-corrected chi connectivity index (χ3v) is 4.34. The molecule has 0 radical (unpaired) electrons. The monoisotopic (exact) mass is 260 g/mol. The molecule has 0 amide bonds. The van der Waals surface area contributed by atoms with Gasteiger partial charge < -0.3 is 4.74 Å². The van der Waals surface area contributed by atoms with Crippen LogP contribution >= 0.6 is 0 Å². The van der Waals surface area contributed by atoms with Gasteiger partial charge >= 0.3 is 0 Å². The number of ether oxygens (including phenoxy) is 1. The summed E-state index contributed by atoms with van der Waals surface area (Å²) in [7, 11) is 0. The molecule has 19 heavy (non-hydrogen) atoms. The van der Waals surface area contributed by atoms with Crippen LogP contribution in [0.5, 0.6) is 5.75 Å². The third kappa shape index (κ3) is 3.10. The lowest BCUT2D eigenvalue weighted by atomic mass is 10.1. The lowest BCUT2D eigenvalue weighted by Gasteiger charge is -2.41. The van der Waals surface area contributed by atoms with E-state index in [1.165, 1.54) is 32.5 Å². The highest BCUT2D eigenvalue weighted by Gasteiger charge is 2.32. The number of benzene rings is 1. The first-order chi connectivity index (χ1) is 9.35. The van der Waals surface area contributed by atoms with E-state index >= 15 is 0 Å². The van der Waals surface area contributed by atoms with Gasteiger partial charge in [-0.05, 0) is 38.1 Å². The van der Waals surface area contributed by atoms with Crippen molar-refractivity contribution in [3.63, 3.8) is 0 Å². The summed E-state index contributed by atoms with van der Waals surface area (Å²) in [6.45, 7) is 8.16. The molecule has 1 aromatic rings. The Morgan fingerprint density at radius 1 is 1.21 bits per heavy atom. The molecule has 3 rings (SSSR count). The van der Waals surface area contributed by atoms with Gasteiger partial charge in [-0.1, -0.05) is 25.1 Å². The van der Waals surface area contributed by atoms with Gasteiger partial charge in [0.2, 0.25) is 0 Å². The summed E-state index contributed by atoms with van der Waals surface area (Å²) in [5.74, 6) is 1.00. The lowest BCUT2D eigenvalue weighted by molar-refractivity contribution is 0.00625. The highest BCUT2D eigenvalue weighted by Crippen LogP contribution is 2.22. The van der Waals surface area contributed by atoms with Crippen LogP contribution in [0, 0.1) is 0 Å². The number of hydrogen-bond donors (Lipinski definition) is 0. The molecule has 2 aliphatic heterocycles. The molecule has 0 N–H and O–H groups in total. The van der Waals surface area contributed by atoms with E-state index in [2.05, 4.69) is 16.7 Å². The Labute approximate surface area is 116 Å². The molecule has 0 bridgehead atoms. The summed E-state index contributed by atoms with van der Waals surface area (Å²) in [6, 6.07) is 10.9. The molecular weight excluding hydrogens is 236 g/mol. The van der Waals surface area contributed by atoms with Crippen molar-refractivity contribution in [2.24, 2.45) is 0 Å². The molecule has 0 saturated carbocycles. The van der Waals surface area contributed by atoms with Crippen molar-refractivity contribution in [2.75, 3.05) is 32.7 Å². The Kier molecular flexibility index (Phi) is 4.04. The molecule has 0 aromatic heterocycles. The minimum atomic E-state index is 0.388. The van der Waals surface area contributed by atoms with Crippen LogP contribution in [0.3, 0.4) is 0 Å². The van der Waals surface area contributed by atoms with Crippen molar-refractivity contribution >= 4 is 0 Å². The highest BCUT2D eigenvalue weighted by molar-refractivity contribution is 5.21. The van der Waals surface area contributed by atoms with Crippen molar-refractivity contribution in [2.45, 2.75) is 31.9 Å². The molecule has 2 aliphatic rings. The molecule has 3 nitrogen and oxygen atoms in total. The van der Waals surface area contributed by atoms with Crippen LogP contribution in [0.25, 0.3) is 0 Å². The number of likely N-dealkylation sites (N-methyl/N-ethyl adjacent to an activating group) is 1.